The van der Waals surface area contributed by atoms with Crippen LogP contribution in [0.25, 0.3) is 0 Å². The van der Waals surface area contributed by atoms with Crippen LogP contribution in [0, 0.1) is 11.6 Å². The molecular formula is C16H19F2N3O. The highest BCUT2D eigenvalue weighted by atomic mass is 19.1. The zero-order valence-corrected chi connectivity index (χ0v) is 12.2. The molecule has 1 fully saturated rings. The number of rotatable bonds is 4. The van der Waals surface area contributed by atoms with E-state index < -0.39 is 17.7 Å². The largest absolute Gasteiger partial charge is 0.387 e. The molecule has 1 atom stereocenters. The van der Waals surface area contributed by atoms with Crippen molar-refractivity contribution in [2.45, 2.75) is 24.9 Å². The first-order chi connectivity index (χ1) is 10.6. The number of piperidine rings is 1. The molecule has 118 valence electrons. The molecule has 0 radical (unpaired) electrons. The van der Waals surface area contributed by atoms with Gasteiger partial charge in [0, 0.05) is 18.3 Å². The molecule has 1 aromatic carbocycles. The molecular weight excluding hydrogens is 288 g/mol. The lowest BCUT2D eigenvalue weighted by Crippen LogP contribution is -2.36. The molecule has 0 aliphatic carbocycles. The van der Waals surface area contributed by atoms with Crippen molar-refractivity contribution in [2.75, 3.05) is 19.6 Å². The van der Waals surface area contributed by atoms with Gasteiger partial charge in [-0.1, -0.05) is 0 Å². The van der Waals surface area contributed by atoms with Crippen LogP contribution in [0.4, 0.5) is 8.78 Å². The van der Waals surface area contributed by atoms with Crippen molar-refractivity contribution in [2.24, 2.45) is 0 Å². The summed E-state index contributed by atoms with van der Waals surface area (Å²) in [6, 6.07) is 3.18. The number of aromatic nitrogens is 2. The first-order valence-corrected chi connectivity index (χ1v) is 7.47. The van der Waals surface area contributed by atoms with E-state index in [-0.39, 0.29) is 5.56 Å². The summed E-state index contributed by atoms with van der Waals surface area (Å²) in [7, 11) is 0. The van der Waals surface area contributed by atoms with Crippen molar-refractivity contribution in [3.63, 3.8) is 0 Å². The summed E-state index contributed by atoms with van der Waals surface area (Å²) in [4.78, 5) is 2.09. The Morgan fingerprint density at radius 3 is 2.77 bits per heavy atom. The Bertz CT molecular complexity index is 610. The molecule has 1 aliphatic heterocycles. The second-order valence-electron chi connectivity index (χ2n) is 5.79. The number of nitrogens with zero attached hydrogens (tertiary/aromatic N) is 2. The molecule has 0 saturated carbocycles. The Labute approximate surface area is 127 Å². The lowest BCUT2D eigenvalue weighted by molar-refractivity contribution is 0.0945. The third-order valence-electron chi connectivity index (χ3n) is 4.33. The topological polar surface area (TPSA) is 52.1 Å². The SMILES string of the molecule is O[C@H](CN1CCC(c2cn[nH]c2)CC1)c1cc(F)ccc1F. The molecule has 0 amide bonds. The number of aromatic amines is 1. The van der Waals surface area contributed by atoms with Gasteiger partial charge in [0.1, 0.15) is 11.6 Å². The minimum Gasteiger partial charge on any atom is -0.387 e. The predicted molar refractivity (Wildman–Crippen MR) is 78.3 cm³/mol. The number of H-pyrrole nitrogens is 1. The molecule has 2 heterocycles. The molecule has 3 rings (SSSR count). The summed E-state index contributed by atoms with van der Waals surface area (Å²) in [5.41, 5.74) is 1.23. The van der Waals surface area contributed by atoms with Gasteiger partial charge < -0.3 is 10.0 Å². The van der Waals surface area contributed by atoms with Crippen LogP contribution >= 0.6 is 0 Å². The molecule has 0 bridgehead atoms. The number of aliphatic hydroxyl groups is 1. The standard InChI is InChI=1S/C16H19F2N3O/c17-13-1-2-15(18)14(7-13)16(22)10-21-5-3-11(4-6-21)12-8-19-20-9-12/h1-2,7-9,11,16,22H,3-6,10H2,(H,19,20)/t16-/m1/s1. The predicted octanol–water partition coefficient (Wildman–Crippen LogP) is 2.60. The number of benzene rings is 1. The lowest BCUT2D eigenvalue weighted by atomic mass is 9.91. The molecule has 1 aliphatic rings. The Balaban J connectivity index is 1.57. The third kappa shape index (κ3) is 3.34. The van der Waals surface area contributed by atoms with Crippen molar-refractivity contribution in [3.8, 4) is 0 Å². The number of halogens is 2. The summed E-state index contributed by atoms with van der Waals surface area (Å²) in [5, 5.41) is 17.0. The van der Waals surface area contributed by atoms with Crippen LogP contribution in [0.5, 0.6) is 0 Å². The van der Waals surface area contributed by atoms with Gasteiger partial charge in [0.2, 0.25) is 0 Å². The Morgan fingerprint density at radius 2 is 2.09 bits per heavy atom. The minimum atomic E-state index is -1.01. The van der Waals surface area contributed by atoms with Crippen LogP contribution in [0.2, 0.25) is 0 Å². The van der Waals surface area contributed by atoms with Crippen LogP contribution in [0.1, 0.15) is 36.0 Å². The summed E-state index contributed by atoms with van der Waals surface area (Å²) >= 11 is 0. The van der Waals surface area contributed by atoms with E-state index in [1.807, 2.05) is 12.4 Å². The van der Waals surface area contributed by atoms with Crippen LogP contribution in [0.15, 0.2) is 30.6 Å². The summed E-state index contributed by atoms with van der Waals surface area (Å²) in [6.07, 6.45) is 4.69. The zero-order valence-electron chi connectivity index (χ0n) is 12.2. The molecule has 4 nitrogen and oxygen atoms in total. The fraction of sp³-hybridized carbons (Fsp3) is 0.438. The van der Waals surface area contributed by atoms with Gasteiger partial charge >= 0.3 is 0 Å². The lowest BCUT2D eigenvalue weighted by Gasteiger charge is -2.32. The summed E-state index contributed by atoms with van der Waals surface area (Å²) < 4.78 is 26.9. The highest BCUT2D eigenvalue weighted by Gasteiger charge is 2.24. The maximum Gasteiger partial charge on any atom is 0.129 e. The number of likely N-dealkylation sites (tertiary alicyclic amines) is 1. The van der Waals surface area contributed by atoms with E-state index in [0.29, 0.717) is 12.5 Å². The van der Waals surface area contributed by atoms with Crippen LogP contribution in [-0.2, 0) is 0 Å². The maximum atomic E-state index is 13.7. The van der Waals surface area contributed by atoms with Crippen molar-refractivity contribution in [1.29, 1.82) is 0 Å². The van der Waals surface area contributed by atoms with Crippen molar-refractivity contribution in [3.05, 3.63) is 53.4 Å². The number of aliphatic hydroxyl groups excluding tert-OH is 1. The second kappa shape index (κ2) is 6.54. The summed E-state index contributed by atoms with van der Waals surface area (Å²) in [6.45, 7) is 1.96. The normalized spacial score (nSPS) is 18.5. The molecule has 2 aromatic rings. The minimum absolute atomic E-state index is 0.0250. The maximum absolute atomic E-state index is 13.7. The zero-order chi connectivity index (χ0) is 15.5. The van der Waals surface area contributed by atoms with Crippen molar-refractivity contribution >= 4 is 0 Å². The number of β-amino-alcohol motifs (C(OH)–C–C–N with tert-alkyl or cyclic N) is 1. The Hall–Kier alpha value is -1.79. The molecule has 1 saturated heterocycles. The quantitative estimate of drug-likeness (QED) is 0.913. The summed E-state index contributed by atoms with van der Waals surface area (Å²) in [5.74, 6) is -0.630. The average molecular weight is 307 g/mol. The van der Waals surface area contributed by atoms with Crippen molar-refractivity contribution in [1.82, 2.24) is 15.1 Å². The van der Waals surface area contributed by atoms with Gasteiger partial charge in [0.25, 0.3) is 0 Å². The van der Waals surface area contributed by atoms with Gasteiger partial charge in [-0.25, -0.2) is 8.78 Å². The van der Waals surface area contributed by atoms with Crippen LogP contribution < -0.4 is 0 Å². The van der Waals surface area contributed by atoms with E-state index in [9.17, 15) is 13.9 Å². The van der Waals surface area contributed by atoms with Crippen molar-refractivity contribution < 1.29 is 13.9 Å². The van der Waals surface area contributed by atoms with E-state index in [1.165, 1.54) is 5.56 Å². The molecule has 22 heavy (non-hydrogen) atoms. The smallest absolute Gasteiger partial charge is 0.129 e. The number of hydrogen-bond donors (Lipinski definition) is 2. The third-order valence-corrected chi connectivity index (χ3v) is 4.33. The molecule has 6 heteroatoms. The Kier molecular flexibility index (Phi) is 4.49. The molecule has 1 aromatic heterocycles. The van der Waals surface area contributed by atoms with Gasteiger partial charge in [-0.05, 0) is 55.6 Å². The second-order valence-corrected chi connectivity index (χ2v) is 5.79. The molecule has 0 unspecified atom stereocenters. The van der Waals surface area contributed by atoms with E-state index in [2.05, 4.69) is 15.1 Å². The van der Waals surface area contributed by atoms with Gasteiger partial charge in [-0.3, -0.25) is 5.10 Å². The fourth-order valence-electron chi connectivity index (χ4n) is 3.05. The first-order valence-electron chi connectivity index (χ1n) is 7.47. The van der Waals surface area contributed by atoms with Crippen LogP contribution in [0.3, 0.4) is 0 Å². The molecule has 0 spiro atoms. The monoisotopic (exact) mass is 307 g/mol. The number of hydrogen-bond acceptors (Lipinski definition) is 3. The first kappa shape index (κ1) is 15.1. The Morgan fingerprint density at radius 1 is 1.32 bits per heavy atom. The van der Waals surface area contributed by atoms with Gasteiger partial charge in [-0.15, -0.1) is 0 Å². The fourth-order valence-corrected chi connectivity index (χ4v) is 3.05. The molecule has 2 N–H and O–H groups in total. The highest BCUT2D eigenvalue weighted by Crippen LogP contribution is 2.28. The van der Waals surface area contributed by atoms with E-state index in [0.717, 1.165) is 44.1 Å². The highest BCUT2D eigenvalue weighted by molar-refractivity contribution is 5.21. The average Bonchev–Trinajstić information content (AvgIpc) is 3.05. The van der Waals surface area contributed by atoms with E-state index in [1.54, 1.807) is 0 Å². The van der Waals surface area contributed by atoms with Gasteiger partial charge in [0.05, 0.1) is 12.3 Å². The van der Waals surface area contributed by atoms with Gasteiger partial charge in [-0.2, -0.15) is 5.10 Å². The van der Waals surface area contributed by atoms with E-state index >= 15 is 0 Å². The van der Waals surface area contributed by atoms with Gasteiger partial charge in [0.15, 0.2) is 0 Å². The van der Waals surface area contributed by atoms with Crippen LogP contribution in [-0.4, -0.2) is 39.8 Å². The van der Waals surface area contributed by atoms with E-state index in [4.69, 9.17) is 0 Å². The number of nitrogens with one attached hydrogen (secondary N) is 1.